The van der Waals surface area contributed by atoms with Gasteiger partial charge in [0, 0.05) is 33.2 Å². The zero-order chi connectivity index (χ0) is 21.1. The summed E-state index contributed by atoms with van der Waals surface area (Å²) >= 11 is 1.53. The van der Waals surface area contributed by atoms with Gasteiger partial charge < -0.3 is 4.74 Å². The summed E-state index contributed by atoms with van der Waals surface area (Å²) < 4.78 is 18.8. The molecule has 0 fully saturated rings. The number of thioether (sulfide) groups is 1. The Morgan fingerprint density at radius 1 is 1.00 bits per heavy atom. The van der Waals surface area contributed by atoms with E-state index in [1.54, 1.807) is 32.2 Å². The van der Waals surface area contributed by atoms with Crippen molar-refractivity contribution in [2.75, 3.05) is 7.11 Å². The third-order valence-electron chi connectivity index (χ3n) is 4.82. The average Bonchev–Trinajstić information content (AvgIpc) is 2.78. The molecule has 4 rings (SSSR count). The van der Waals surface area contributed by atoms with E-state index < -0.39 is 0 Å². The van der Waals surface area contributed by atoms with Crippen molar-refractivity contribution in [3.8, 4) is 17.0 Å². The number of hydrogen-bond acceptors (Lipinski definition) is 5. The van der Waals surface area contributed by atoms with Crippen LogP contribution in [0.4, 0.5) is 4.39 Å². The molecule has 6 heteroatoms. The smallest absolute Gasteiger partial charge is 0.159 e. The minimum absolute atomic E-state index is 0.0118. The van der Waals surface area contributed by atoms with Gasteiger partial charge >= 0.3 is 0 Å². The van der Waals surface area contributed by atoms with E-state index in [1.807, 2.05) is 36.4 Å². The van der Waals surface area contributed by atoms with Crippen LogP contribution in [0.3, 0.4) is 0 Å². The lowest BCUT2D eigenvalue weighted by Crippen LogP contribution is -1.98. The minimum atomic E-state index is -0.287. The van der Waals surface area contributed by atoms with Crippen molar-refractivity contribution in [3.05, 3.63) is 83.7 Å². The molecule has 0 radical (unpaired) electrons. The summed E-state index contributed by atoms with van der Waals surface area (Å²) in [5.41, 5.74) is 3.09. The molecule has 0 aliphatic heterocycles. The molecule has 3 aromatic carbocycles. The fraction of sp³-hybridized carbons (Fsp3) is 0.125. The summed E-state index contributed by atoms with van der Waals surface area (Å²) in [6, 6.07) is 19.6. The van der Waals surface area contributed by atoms with Gasteiger partial charge in [0.2, 0.25) is 0 Å². The Bertz CT molecular complexity index is 1230. The predicted molar refractivity (Wildman–Crippen MR) is 117 cm³/mol. The van der Waals surface area contributed by atoms with Gasteiger partial charge in [-0.05, 0) is 49.4 Å². The monoisotopic (exact) mass is 418 g/mol. The zero-order valence-electron chi connectivity index (χ0n) is 16.6. The Balaban J connectivity index is 1.70. The van der Waals surface area contributed by atoms with Gasteiger partial charge in [-0.1, -0.05) is 36.0 Å². The van der Waals surface area contributed by atoms with Crippen molar-refractivity contribution >= 4 is 28.3 Å². The van der Waals surface area contributed by atoms with Crippen LogP contribution >= 0.6 is 11.8 Å². The van der Waals surface area contributed by atoms with Gasteiger partial charge in [0.05, 0.1) is 7.11 Å². The number of nitrogens with zero attached hydrogens (tertiary/aromatic N) is 2. The number of rotatable bonds is 6. The Labute approximate surface area is 178 Å². The maximum absolute atomic E-state index is 13.3. The molecule has 30 heavy (non-hydrogen) atoms. The molecule has 0 unspecified atom stereocenters. The lowest BCUT2D eigenvalue weighted by molar-refractivity contribution is 0.101. The van der Waals surface area contributed by atoms with Crippen LogP contribution in [0.2, 0.25) is 0 Å². The van der Waals surface area contributed by atoms with Crippen LogP contribution in [-0.2, 0) is 5.75 Å². The number of fused-ring (bicyclic) bond motifs is 1. The van der Waals surface area contributed by atoms with Crippen LogP contribution in [0.15, 0.2) is 71.8 Å². The van der Waals surface area contributed by atoms with E-state index in [9.17, 15) is 9.18 Å². The molecule has 0 saturated heterocycles. The molecule has 0 aliphatic carbocycles. The second-order valence-electron chi connectivity index (χ2n) is 6.78. The molecule has 1 heterocycles. The number of ketones is 1. The van der Waals surface area contributed by atoms with Gasteiger partial charge in [0.1, 0.15) is 22.3 Å². The van der Waals surface area contributed by atoms with E-state index in [1.165, 1.54) is 23.9 Å². The molecule has 0 saturated carbocycles. The topological polar surface area (TPSA) is 52.1 Å². The quantitative estimate of drug-likeness (QED) is 0.286. The number of ether oxygens (including phenoxy) is 1. The molecule has 0 amide bonds. The van der Waals surface area contributed by atoms with Gasteiger partial charge in [-0.2, -0.15) is 0 Å². The lowest BCUT2D eigenvalue weighted by atomic mass is 10.1. The number of Topliss-reactive ketones (excluding diaryl/α,β-unsaturated/α-hetero) is 1. The predicted octanol–water partition coefficient (Wildman–Crippen LogP) is 5.94. The largest absolute Gasteiger partial charge is 0.496 e. The molecule has 4 aromatic rings. The highest BCUT2D eigenvalue weighted by Gasteiger charge is 2.13. The second-order valence-corrected chi connectivity index (χ2v) is 7.74. The molecular formula is C24H19FN2O2S. The number of carbonyl (C=O) groups is 1. The van der Waals surface area contributed by atoms with Crippen LogP contribution in [0, 0.1) is 5.82 Å². The highest BCUT2D eigenvalue weighted by Crippen LogP contribution is 2.34. The number of carbonyl (C=O) groups excluding carboxylic acids is 1. The Morgan fingerprint density at radius 2 is 1.73 bits per heavy atom. The molecule has 0 spiro atoms. The number of methoxy groups -OCH3 is 1. The number of hydrogen-bond donors (Lipinski definition) is 0. The van der Waals surface area contributed by atoms with E-state index in [0.717, 1.165) is 32.7 Å². The lowest BCUT2D eigenvalue weighted by Gasteiger charge is -2.11. The first-order valence-electron chi connectivity index (χ1n) is 9.39. The molecule has 4 nitrogen and oxygen atoms in total. The first kappa shape index (κ1) is 20.0. The summed E-state index contributed by atoms with van der Waals surface area (Å²) in [6.45, 7) is 1.55. The van der Waals surface area contributed by atoms with Crippen LogP contribution < -0.4 is 4.74 Å². The number of benzene rings is 3. The number of halogens is 1. The maximum atomic E-state index is 13.3. The Hall–Kier alpha value is -3.25. The van der Waals surface area contributed by atoms with Crippen LogP contribution in [0.5, 0.6) is 5.75 Å². The summed E-state index contributed by atoms with van der Waals surface area (Å²) in [4.78, 5) is 11.7. The molecule has 0 bridgehead atoms. The second kappa shape index (κ2) is 8.63. The maximum Gasteiger partial charge on any atom is 0.159 e. The molecule has 1 aromatic heterocycles. The van der Waals surface area contributed by atoms with Crippen molar-refractivity contribution < 1.29 is 13.9 Å². The fourth-order valence-corrected chi connectivity index (χ4v) is 4.21. The summed E-state index contributed by atoms with van der Waals surface area (Å²) in [7, 11) is 1.61. The van der Waals surface area contributed by atoms with Gasteiger partial charge in [-0.25, -0.2) is 4.39 Å². The van der Waals surface area contributed by atoms with Gasteiger partial charge in [-0.3, -0.25) is 4.79 Å². The molecule has 0 N–H and O–H groups in total. The van der Waals surface area contributed by atoms with Crippen molar-refractivity contribution in [1.29, 1.82) is 0 Å². The van der Waals surface area contributed by atoms with E-state index in [2.05, 4.69) is 10.2 Å². The van der Waals surface area contributed by atoms with Gasteiger partial charge in [-0.15, -0.1) is 10.2 Å². The number of aromatic nitrogens is 2. The van der Waals surface area contributed by atoms with Crippen LogP contribution in [0.1, 0.15) is 22.8 Å². The van der Waals surface area contributed by atoms with E-state index >= 15 is 0 Å². The summed E-state index contributed by atoms with van der Waals surface area (Å²) in [5, 5.41) is 11.6. The highest BCUT2D eigenvalue weighted by atomic mass is 32.2. The Morgan fingerprint density at radius 3 is 2.43 bits per heavy atom. The average molecular weight is 418 g/mol. The van der Waals surface area contributed by atoms with Crippen molar-refractivity contribution in [2.45, 2.75) is 17.7 Å². The molecular weight excluding hydrogens is 399 g/mol. The van der Waals surface area contributed by atoms with Crippen molar-refractivity contribution in [1.82, 2.24) is 10.2 Å². The van der Waals surface area contributed by atoms with Crippen molar-refractivity contribution in [3.63, 3.8) is 0 Å². The summed E-state index contributed by atoms with van der Waals surface area (Å²) in [6.07, 6.45) is 0. The molecule has 150 valence electrons. The van der Waals surface area contributed by atoms with E-state index in [-0.39, 0.29) is 11.6 Å². The van der Waals surface area contributed by atoms with E-state index in [0.29, 0.717) is 17.0 Å². The van der Waals surface area contributed by atoms with Crippen molar-refractivity contribution in [2.24, 2.45) is 0 Å². The van der Waals surface area contributed by atoms with Crippen LogP contribution in [-0.4, -0.2) is 23.1 Å². The minimum Gasteiger partial charge on any atom is -0.496 e. The highest BCUT2D eigenvalue weighted by molar-refractivity contribution is 7.98. The zero-order valence-corrected chi connectivity index (χ0v) is 17.4. The third-order valence-corrected chi connectivity index (χ3v) is 5.85. The Kier molecular flexibility index (Phi) is 5.77. The standard InChI is InChI=1S/C24H19FN2O2S/c1-15(28)17-9-12-22(29-2)18(13-17)14-30-24-21-6-4-3-5-20(21)23(26-27-24)16-7-10-19(25)11-8-16/h3-13H,14H2,1-2H3. The molecule has 0 atom stereocenters. The normalized spacial score (nSPS) is 10.9. The molecule has 0 aliphatic rings. The van der Waals surface area contributed by atoms with Crippen LogP contribution in [0.25, 0.3) is 22.0 Å². The van der Waals surface area contributed by atoms with Gasteiger partial charge in [0.25, 0.3) is 0 Å². The first-order chi connectivity index (χ1) is 14.6. The fourth-order valence-electron chi connectivity index (χ4n) is 3.26. The SMILES string of the molecule is COc1ccc(C(C)=O)cc1CSc1nnc(-c2ccc(F)cc2)c2ccccc12. The summed E-state index contributed by atoms with van der Waals surface area (Å²) in [5.74, 6) is 1.04. The van der Waals surface area contributed by atoms with E-state index in [4.69, 9.17) is 4.74 Å². The van der Waals surface area contributed by atoms with Gasteiger partial charge in [0.15, 0.2) is 5.78 Å². The third kappa shape index (κ3) is 4.04. The first-order valence-corrected chi connectivity index (χ1v) is 10.4.